The van der Waals surface area contributed by atoms with Crippen molar-refractivity contribution in [1.82, 2.24) is 5.32 Å². The fourth-order valence-corrected chi connectivity index (χ4v) is 2.62. The second-order valence-electron chi connectivity index (χ2n) is 4.49. The van der Waals surface area contributed by atoms with Crippen LogP contribution in [-0.4, -0.2) is 7.05 Å². The summed E-state index contributed by atoms with van der Waals surface area (Å²) in [5, 5.41) is 2.93. The molecule has 5 heteroatoms. The molecule has 0 aliphatic carbocycles. The smallest absolute Gasteiger partial charge is 0.161 e. The van der Waals surface area contributed by atoms with Crippen LogP contribution < -0.4 is 5.32 Å². The maximum atomic E-state index is 13.9. The molecule has 2 aromatic carbocycles. The standard InChI is InChI=1S/C15H13BrF3N/c1-8-4-3-5-9(14(8)16)15(20-2)10-6-12(18)13(19)7-11(10)17/h3-7,15,20H,1-2H3. The van der Waals surface area contributed by atoms with Gasteiger partial charge in [-0.2, -0.15) is 0 Å². The van der Waals surface area contributed by atoms with Crippen LogP contribution in [0.4, 0.5) is 13.2 Å². The summed E-state index contributed by atoms with van der Waals surface area (Å²) in [4.78, 5) is 0. The third kappa shape index (κ3) is 2.74. The van der Waals surface area contributed by atoms with Gasteiger partial charge in [-0.05, 0) is 31.2 Å². The van der Waals surface area contributed by atoms with Crippen LogP contribution in [0.1, 0.15) is 22.7 Å². The van der Waals surface area contributed by atoms with Gasteiger partial charge in [0.25, 0.3) is 0 Å². The van der Waals surface area contributed by atoms with Gasteiger partial charge < -0.3 is 5.32 Å². The lowest BCUT2D eigenvalue weighted by Crippen LogP contribution is -2.20. The Kier molecular flexibility index (Phi) is 4.50. The highest BCUT2D eigenvalue weighted by atomic mass is 79.9. The average Bonchev–Trinajstić information content (AvgIpc) is 2.41. The third-order valence-electron chi connectivity index (χ3n) is 3.17. The molecule has 106 valence electrons. The highest BCUT2D eigenvalue weighted by Gasteiger charge is 2.21. The monoisotopic (exact) mass is 343 g/mol. The van der Waals surface area contributed by atoms with E-state index in [9.17, 15) is 13.2 Å². The molecule has 0 fully saturated rings. The average molecular weight is 344 g/mol. The summed E-state index contributed by atoms with van der Waals surface area (Å²) in [7, 11) is 1.64. The number of halogens is 4. The Hall–Kier alpha value is -1.33. The van der Waals surface area contributed by atoms with Crippen molar-refractivity contribution in [1.29, 1.82) is 0 Å². The summed E-state index contributed by atoms with van der Waals surface area (Å²) in [5.41, 5.74) is 1.81. The van der Waals surface area contributed by atoms with Gasteiger partial charge in [0.1, 0.15) is 5.82 Å². The van der Waals surface area contributed by atoms with Gasteiger partial charge in [-0.1, -0.05) is 34.1 Å². The molecular weight excluding hydrogens is 331 g/mol. The zero-order chi connectivity index (χ0) is 14.9. The lowest BCUT2D eigenvalue weighted by Gasteiger charge is -2.20. The Morgan fingerprint density at radius 1 is 1.00 bits per heavy atom. The van der Waals surface area contributed by atoms with Crippen molar-refractivity contribution in [2.45, 2.75) is 13.0 Å². The van der Waals surface area contributed by atoms with Crippen LogP contribution >= 0.6 is 15.9 Å². The van der Waals surface area contributed by atoms with Gasteiger partial charge in [0.2, 0.25) is 0 Å². The molecule has 0 heterocycles. The van der Waals surface area contributed by atoms with E-state index in [4.69, 9.17) is 0 Å². The quantitative estimate of drug-likeness (QED) is 0.810. The molecular formula is C15H13BrF3N. The first-order valence-electron chi connectivity index (χ1n) is 6.02. The number of hydrogen-bond acceptors (Lipinski definition) is 1. The summed E-state index contributed by atoms with van der Waals surface area (Å²) in [5.74, 6) is -3.04. The minimum Gasteiger partial charge on any atom is -0.309 e. The molecule has 1 unspecified atom stereocenters. The Morgan fingerprint density at radius 3 is 2.30 bits per heavy atom. The van der Waals surface area contributed by atoms with E-state index in [1.54, 1.807) is 13.1 Å². The number of rotatable bonds is 3. The summed E-state index contributed by atoms with van der Waals surface area (Å²) in [6.45, 7) is 1.90. The van der Waals surface area contributed by atoms with Gasteiger partial charge in [-0.15, -0.1) is 0 Å². The van der Waals surface area contributed by atoms with E-state index >= 15 is 0 Å². The molecule has 0 saturated heterocycles. The Morgan fingerprint density at radius 2 is 1.65 bits per heavy atom. The van der Waals surface area contributed by atoms with E-state index in [0.717, 1.165) is 21.7 Å². The Balaban J connectivity index is 2.58. The van der Waals surface area contributed by atoms with E-state index in [-0.39, 0.29) is 5.56 Å². The molecule has 1 atom stereocenters. The fraction of sp³-hybridized carbons (Fsp3) is 0.200. The van der Waals surface area contributed by atoms with Crippen LogP contribution in [0.25, 0.3) is 0 Å². The summed E-state index contributed by atoms with van der Waals surface area (Å²) in [6.07, 6.45) is 0. The van der Waals surface area contributed by atoms with Gasteiger partial charge in [0.05, 0.1) is 6.04 Å². The third-order valence-corrected chi connectivity index (χ3v) is 4.26. The van der Waals surface area contributed by atoms with Crippen LogP contribution in [0.2, 0.25) is 0 Å². The predicted molar refractivity (Wildman–Crippen MR) is 76.1 cm³/mol. The minimum atomic E-state index is -1.19. The molecule has 2 rings (SSSR count). The normalized spacial score (nSPS) is 12.5. The first-order valence-corrected chi connectivity index (χ1v) is 6.81. The fourth-order valence-electron chi connectivity index (χ4n) is 2.13. The van der Waals surface area contributed by atoms with Crippen molar-refractivity contribution in [3.63, 3.8) is 0 Å². The Labute approximate surface area is 123 Å². The van der Waals surface area contributed by atoms with Crippen LogP contribution in [-0.2, 0) is 0 Å². The van der Waals surface area contributed by atoms with Gasteiger partial charge in [-0.25, -0.2) is 13.2 Å². The van der Waals surface area contributed by atoms with E-state index in [0.29, 0.717) is 6.07 Å². The molecule has 0 aliphatic heterocycles. The minimum absolute atomic E-state index is 0.0673. The SMILES string of the molecule is CNC(c1cc(F)c(F)cc1F)c1cccc(C)c1Br. The maximum absolute atomic E-state index is 13.9. The van der Waals surface area contributed by atoms with Crippen LogP contribution in [0.15, 0.2) is 34.8 Å². The van der Waals surface area contributed by atoms with Crippen molar-refractivity contribution in [3.05, 3.63) is 68.9 Å². The second kappa shape index (κ2) is 5.97. The number of hydrogen-bond donors (Lipinski definition) is 1. The number of nitrogens with one attached hydrogen (secondary N) is 1. The first-order chi connectivity index (χ1) is 9.45. The zero-order valence-corrected chi connectivity index (χ0v) is 12.6. The molecule has 0 bridgehead atoms. The molecule has 1 nitrogen and oxygen atoms in total. The molecule has 1 N–H and O–H groups in total. The molecule has 2 aromatic rings. The molecule has 0 amide bonds. The molecule has 0 aromatic heterocycles. The second-order valence-corrected chi connectivity index (χ2v) is 5.28. The molecule has 20 heavy (non-hydrogen) atoms. The summed E-state index contributed by atoms with van der Waals surface area (Å²) >= 11 is 3.45. The number of benzene rings is 2. The van der Waals surface area contributed by atoms with Gasteiger partial charge in [0.15, 0.2) is 11.6 Å². The maximum Gasteiger partial charge on any atom is 0.161 e. The first kappa shape index (κ1) is 15.1. The molecule has 0 saturated carbocycles. The lowest BCUT2D eigenvalue weighted by molar-refractivity contribution is 0.483. The predicted octanol–water partition coefficient (Wildman–Crippen LogP) is 4.48. The van der Waals surface area contributed by atoms with Gasteiger partial charge >= 0.3 is 0 Å². The molecule has 0 radical (unpaired) electrons. The molecule has 0 spiro atoms. The van der Waals surface area contributed by atoms with E-state index in [2.05, 4.69) is 21.2 Å². The van der Waals surface area contributed by atoms with E-state index in [1.165, 1.54) is 0 Å². The summed E-state index contributed by atoms with van der Waals surface area (Å²) < 4.78 is 41.1. The van der Waals surface area contributed by atoms with Crippen molar-refractivity contribution >= 4 is 15.9 Å². The highest BCUT2D eigenvalue weighted by Crippen LogP contribution is 2.32. The number of aryl methyl sites for hydroxylation is 1. The van der Waals surface area contributed by atoms with Crippen molar-refractivity contribution in [2.75, 3.05) is 7.05 Å². The van der Waals surface area contributed by atoms with Crippen molar-refractivity contribution in [3.8, 4) is 0 Å². The largest absolute Gasteiger partial charge is 0.309 e. The van der Waals surface area contributed by atoms with Crippen LogP contribution in [0, 0.1) is 24.4 Å². The molecule has 0 aliphatic rings. The van der Waals surface area contributed by atoms with Gasteiger partial charge in [0, 0.05) is 16.1 Å². The Bertz CT molecular complexity index is 643. The summed E-state index contributed by atoms with van der Waals surface area (Å²) in [6, 6.07) is 6.43. The lowest BCUT2D eigenvalue weighted by atomic mass is 9.97. The topological polar surface area (TPSA) is 12.0 Å². The van der Waals surface area contributed by atoms with Crippen LogP contribution in [0.3, 0.4) is 0 Å². The van der Waals surface area contributed by atoms with Crippen LogP contribution in [0.5, 0.6) is 0 Å². The van der Waals surface area contributed by atoms with E-state index in [1.807, 2.05) is 19.1 Å². The highest BCUT2D eigenvalue weighted by molar-refractivity contribution is 9.10. The van der Waals surface area contributed by atoms with Crippen molar-refractivity contribution < 1.29 is 13.2 Å². The van der Waals surface area contributed by atoms with E-state index < -0.39 is 23.5 Å². The zero-order valence-electron chi connectivity index (χ0n) is 11.0. The van der Waals surface area contributed by atoms with Gasteiger partial charge in [-0.3, -0.25) is 0 Å². The van der Waals surface area contributed by atoms with Crippen molar-refractivity contribution in [2.24, 2.45) is 0 Å².